The molecule has 0 fully saturated rings. The van der Waals surface area contributed by atoms with Crippen LogP contribution in [0, 0.1) is 0 Å². The summed E-state index contributed by atoms with van der Waals surface area (Å²) in [7, 11) is 1.27. The molecule has 4 rings (SSSR count). The van der Waals surface area contributed by atoms with Crippen LogP contribution in [0.3, 0.4) is 0 Å². The number of pyridine rings is 1. The molecule has 4 aromatic rings. The number of benzene rings is 2. The number of carbonyl (C=O) groups is 2. The molecular weight excluding hydrogens is 380 g/mol. The average molecular weight is 395 g/mol. The number of anilines is 1. The number of hydrogen-bond acceptors (Lipinski definition) is 5. The Balaban J connectivity index is 1.77. The van der Waals surface area contributed by atoms with Crippen LogP contribution in [0.1, 0.15) is 21.0 Å². The van der Waals surface area contributed by atoms with Crippen molar-refractivity contribution in [3.8, 4) is 0 Å². The molecule has 2 aromatic heterocycles. The number of H-pyrrole nitrogens is 1. The lowest BCUT2D eigenvalue weighted by Crippen LogP contribution is -2.30. The van der Waals surface area contributed by atoms with Crippen LogP contribution in [-0.2, 0) is 4.74 Å². The smallest absolute Gasteiger partial charge is 0.356 e. The topological polar surface area (TPSA) is 96.1 Å². The molecular formula is C20H15ClN4O3. The number of nitrogens with zero attached hydrogens (tertiary/aromatic N) is 1. The minimum absolute atomic E-state index is 0.0488. The molecule has 2 heterocycles. The van der Waals surface area contributed by atoms with Gasteiger partial charge in [0.1, 0.15) is 5.69 Å². The average Bonchev–Trinajstić information content (AvgIpc) is 3.09. The molecule has 0 unspecified atom stereocenters. The van der Waals surface area contributed by atoms with Gasteiger partial charge in [0.05, 0.1) is 18.3 Å². The van der Waals surface area contributed by atoms with Gasteiger partial charge in [-0.25, -0.2) is 9.78 Å². The van der Waals surface area contributed by atoms with E-state index in [1.165, 1.54) is 7.11 Å². The van der Waals surface area contributed by atoms with Crippen molar-refractivity contribution in [2.75, 3.05) is 12.5 Å². The van der Waals surface area contributed by atoms with Crippen molar-refractivity contribution in [3.05, 3.63) is 71.0 Å². The van der Waals surface area contributed by atoms with Crippen LogP contribution in [-0.4, -0.2) is 29.0 Å². The number of aromatic nitrogens is 2. The number of amides is 1. The fourth-order valence-electron chi connectivity index (χ4n) is 2.97. The summed E-state index contributed by atoms with van der Waals surface area (Å²) in [5, 5.41) is 2.11. The number of para-hydroxylation sites is 1. The van der Waals surface area contributed by atoms with Gasteiger partial charge in [-0.05, 0) is 30.3 Å². The molecule has 0 atom stereocenters. The zero-order chi connectivity index (χ0) is 19.7. The maximum Gasteiger partial charge on any atom is 0.356 e. The maximum atomic E-state index is 12.8. The number of ether oxygens (including phenoxy) is 1. The second-order valence-corrected chi connectivity index (χ2v) is 6.47. The second-order valence-electron chi connectivity index (χ2n) is 6.03. The minimum atomic E-state index is -0.621. The Kier molecular flexibility index (Phi) is 4.58. The van der Waals surface area contributed by atoms with Crippen LogP contribution in [0.2, 0.25) is 5.02 Å². The number of hydrogen-bond donors (Lipinski definition) is 3. The highest BCUT2D eigenvalue weighted by Crippen LogP contribution is 2.28. The summed E-state index contributed by atoms with van der Waals surface area (Å²) in [6, 6.07) is 16.1. The van der Waals surface area contributed by atoms with E-state index in [0.29, 0.717) is 21.6 Å². The van der Waals surface area contributed by atoms with Gasteiger partial charge in [-0.1, -0.05) is 35.9 Å². The molecule has 0 aliphatic carbocycles. The summed E-state index contributed by atoms with van der Waals surface area (Å²) in [6.45, 7) is 0. The molecule has 0 saturated carbocycles. The molecule has 0 aliphatic rings. The molecule has 140 valence electrons. The summed E-state index contributed by atoms with van der Waals surface area (Å²) < 4.78 is 4.78. The normalized spacial score (nSPS) is 10.8. The third kappa shape index (κ3) is 3.23. The Morgan fingerprint density at radius 3 is 2.68 bits per heavy atom. The van der Waals surface area contributed by atoms with Crippen molar-refractivity contribution in [3.63, 3.8) is 0 Å². The fraction of sp³-hybridized carbons (Fsp3) is 0.0500. The van der Waals surface area contributed by atoms with Crippen molar-refractivity contribution >= 4 is 51.0 Å². The predicted octanol–water partition coefficient (Wildman–Crippen LogP) is 3.91. The van der Waals surface area contributed by atoms with E-state index in [-0.39, 0.29) is 11.4 Å². The van der Waals surface area contributed by atoms with Gasteiger partial charge in [0, 0.05) is 21.3 Å². The van der Waals surface area contributed by atoms with Gasteiger partial charge in [0.15, 0.2) is 5.69 Å². The first kappa shape index (κ1) is 17.8. The monoisotopic (exact) mass is 394 g/mol. The summed E-state index contributed by atoms with van der Waals surface area (Å²) in [5.41, 5.74) is 7.46. The summed E-state index contributed by atoms with van der Waals surface area (Å²) in [4.78, 5) is 32.3. The lowest BCUT2D eigenvalue weighted by Gasteiger charge is -2.10. The third-order valence-electron chi connectivity index (χ3n) is 4.25. The van der Waals surface area contributed by atoms with Crippen molar-refractivity contribution < 1.29 is 14.3 Å². The zero-order valence-corrected chi connectivity index (χ0v) is 15.5. The van der Waals surface area contributed by atoms with Crippen molar-refractivity contribution in [2.45, 2.75) is 0 Å². The number of methoxy groups -OCH3 is 1. The lowest BCUT2D eigenvalue weighted by atomic mass is 10.1. The van der Waals surface area contributed by atoms with Crippen LogP contribution >= 0.6 is 11.6 Å². The number of aromatic amines is 1. The van der Waals surface area contributed by atoms with Gasteiger partial charge in [-0.2, -0.15) is 0 Å². The quantitative estimate of drug-likeness (QED) is 0.360. The number of hydrazine groups is 1. The van der Waals surface area contributed by atoms with Crippen molar-refractivity contribution in [1.29, 1.82) is 0 Å². The summed E-state index contributed by atoms with van der Waals surface area (Å²) in [5.74, 6) is -1.13. The molecule has 28 heavy (non-hydrogen) atoms. The number of halogens is 1. The molecule has 1 amide bonds. The number of rotatable bonds is 4. The molecule has 0 bridgehead atoms. The molecule has 3 N–H and O–H groups in total. The highest BCUT2D eigenvalue weighted by molar-refractivity contribution is 6.30. The number of fused-ring (bicyclic) bond motifs is 3. The molecule has 8 heteroatoms. The molecule has 0 spiro atoms. The largest absolute Gasteiger partial charge is 0.464 e. The molecule has 0 radical (unpaired) electrons. The van der Waals surface area contributed by atoms with Crippen molar-refractivity contribution in [1.82, 2.24) is 15.4 Å². The molecule has 0 saturated heterocycles. The first-order valence-corrected chi connectivity index (χ1v) is 8.76. The van der Waals surface area contributed by atoms with Gasteiger partial charge >= 0.3 is 5.97 Å². The van der Waals surface area contributed by atoms with E-state index in [1.807, 2.05) is 24.3 Å². The highest BCUT2D eigenvalue weighted by Gasteiger charge is 2.20. The van der Waals surface area contributed by atoms with E-state index in [9.17, 15) is 9.59 Å². The molecule has 7 nitrogen and oxygen atoms in total. The van der Waals surface area contributed by atoms with E-state index in [2.05, 4.69) is 20.8 Å². The van der Waals surface area contributed by atoms with Crippen LogP contribution in [0.5, 0.6) is 0 Å². The Hall–Kier alpha value is -3.58. The van der Waals surface area contributed by atoms with E-state index in [0.717, 1.165) is 10.9 Å². The lowest BCUT2D eigenvalue weighted by molar-refractivity contribution is 0.0594. The predicted molar refractivity (Wildman–Crippen MR) is 107 cm³/mol. The number of nitrogens with one attached hydrogen (secondary N) is 3. The van der Waals surface area contributed by atoms with Gasteiger partial charge in [0.25, 0.3) is 5.91 Å². The van der Waals surface area contributed by atoms with Crippen molar-refractivity contribution in [2.24, 2.45) is 0 Å². The van der Waals surface area contributed by atoms with Crippen LogP contribution in [0.25, 0.3) is 21.8 Å². The van der Waals surface area contributed by atoms with Crippen LogP contribution < -0.4 is 10.9 Å². The second kappa shape index (κ2) is 7.21. The minimum Gasteiger partial charge on any atom is -0.464 e. The summed E-state index contributed by atoms with van der Waals surface area (Å²) >= 11 is 5.95. The third-order valence-corrected chi connectivity index (χ3v) is 4.49. The standard InChI is InChI=1S/C20H15ClN4O3/c1-28-20(27)16-10-14-13-7-2-3-8-15(13)22-17(14)18(23-16)19(26)25-24-12-6-4-5-11(21)9-12/h2-10,22,24H,1H3,(H,25,26). The Labute approximate surface area is 164 Å². The highest BCUT2D eigenvalue weighted by atomic mass is 35.5. The van der Waals surface area contributed by atoms with E-state index < -0.39 is 11.9 Å². The van der Waals surface area contributed by atoms with Gasteiger partial charge < -0.3 is 9.72 Å². The van der Waals surface area contributed by atoms with Crippen LogP contribution in [0.15, 0.2) is 54.6 Å². The number of carbonyl (C=O) groups excluding carboxylic acids is 2. The Bertz CT molecular complexity index is 1220. The van der Waals surface area contributed by atoms with Gasteiger partial charge in [-0.3, -0.25) is 15.6 Å². The van der Waals surface area contributed by atoms with Gasteiger partial charge in [0.2, 0.25) is 0 Å². The zero-order valence-electron chi connectivity index (χ0n) is 14.7. The first-order valence-electron chi connectivity index (χ1n) is 8.38. The van der Waals surface area contributed by atoms with E-state index in [4.69, 9.17) is 16.3 Å². The van der Waals surface area contributed by atoms with E-state index >= 15 is 0 Å². The van der Waals surface area contributed by atoms with Crippen LogP contribution in [0.4, 0.5) is 5.69 Å². The first-order chi connectivity index (χ1) is 13.6. The summed E-state index contributed by atoms with van der Waals surface area (Å²) in [6.07, 6.45) is 0. The molecule has 0 aliphatic heterocycles. The van der Waals surface area contributed by atoms with E-state index in [1.54, 1.807) is 30.3 Å². The Morgan fingerprint density at radius 2 is 1.89 bits per heavy atom. The molecule has 2 aromatic carbocycles. The number of esters is 1. The SMILES string of the molecule is COC(=O)c1cc2c([nH]c3ccccc32)c(C(=O)NNc2cccc(Cl)c2)n1. The maximum absolute atomic E-state index is 12.8. The Morgan fingerprint density at radius 1 is 1.07 bits per heavy atom. The van der Waals surface area contributed by atoms with Gasteiger partial charge in [-0.15, -0.1) is 0 Å². The fourth-order valence-corrected chi connectivity index (χ4v) is 3.16.